The summed E-state index contributed by atoms with van der Waals surface area (Å²) in [4.78, 5) is 12.7. The SMILES string of the molecule is CC[C@H](Oc1cccc(OC)c1)C(=O)Nc1ccc(S(=O)(=O)Nc2ccc(OC)cc2)cc1. The Morgan fingerprint density at radius 3 is 2.06 bits per heavy atom. The molecule has 1 amide bonds. The van der Waals surface area contributed by atoms with Gasteiger partial charge in [0.1, 0.15) is 17.2 Å². The maximum absolute atomic E-state index is 12.7. The number of hydrogen-bond acceptors (Lipinski definition) is 6. The van der Waals surface area contributed by atoms with Crippen LogP contribution in [0.3, 0.4) is 0 Å². The molecule has 3 aromatic rings. The Morgan fingerprint density at radius 1 is 0.848 bits per heavy atom. The lowest BCUT2D eigenvalue weighted by Gasteiger charge is -2.18. The minimum Gasteiger partial charge on any atom is -0.497 e. The summed E-state index contributed by atoms with van der Waals surface area (Å²) in [5.74, 6) is 1.43. The van der Waals surface area contributed by atoms with Crippen LogP contribution in [0.15, 0.2) is 77.7 Å². The number of methoxy groups -OCH3 is 2. The van der Waals surface area contributed by atoms with Gasteiger partial charge in [-0.15, -0.1) is 0 Å². The number of amides is 1. The van der Waals surface area contributed by atoms with Crippen molar-refractivity contribution in [2.24, 2.45) is 0 Å². The van der Waals surface area contributed by atoms with Gasteiger partial charge >= 0.3 is 0 Å². The molecule has 8 nitrogen and oxygen atoms in total. The van der Waals surface area contributed by atoms with Crippen LogP contribution >= 0.6 is 0 Å². The maximum Gasteiger partial charge on any atom is 0.265 e. The summed E-state index contributed by atoms with van der Waals surface area (Å²) in [5, 5.41) is 2.76. The van der Waals surface area contributed by atoms with Gasteiger partial charge in [0.15, 0.2) is 6.10 Å². The van der Waals surface area contributed by atoms with Crippen LogP contribution in [-0.4, -0.2) is 34.6 Å². The maximum atomic E-state index is 12.7. The van der Waals surface area contributed by atoms with Crippen LogP contribution in [0.5, 0.6) is 17.2 Å². The molecule has 0 spiro atoms. The predicted molar refractivity (Wildman–Crippen MR) is 127 cm³/mol. The highest BCUT2D eigenvalue weighted by molar-refractivity contribution is 7.92. The van der Waals surface area contributed by atoms with E-state index in [0.717, 1.165) is 0 Å². The molecule has 0 unspecified atom stereocenters. The summed E-state index contributed by atoms with van der Waals surface area (Å²) >= 11 is 0. The lowest BCUT2D eigenvalue weighted by molar-refractivity contribution is -0.122. The van der Waals surface area contributed by atoms with Crippen LogP contribution in [0.2, 0.25) is 0 Å². The molecular formula is C24H26N2O6S. The first kappa shape index (κ1) is 23.9. The number of hydrogen-bond donors (Lipinski definition) is 2. The number of rotatable bonds is 10. The van der Waals surface area contributed by atoms with Gasteiger partial charge in [-0.2, -0.15) is 0 Å². The lowest BCUT2D eigenvalue weighted by Crippen LogP contribution is -2.32. The van der Waals surface area contributed by atoms with Crippen molar-refractivity contribution in [2.75, 3.05) is 24.3 Å². The molecule has 33 heavy (non-hydrogen) atoms. The molecule has 2 N–H and O–H groups in total. The second-order valence-corrected chi connectivity index (χ2v) is 8.72. The molecule has 9 heteroatoms. The van der Waals surface area contributed by atoms with Gasteiger partial charge in [-0.25, -0.2) is 8.42 Å². The van der Waals surface area contributed by atoms with Crippen molar-refractivity contribution in [2.45, 2.75) is 24.3 Å². The Morgan fingerprint density at radius 2 is 1.45 bits per heavy atom. The van der Waals surface area contributed by atoms with Crippen molar-refractivity contribution in [3.05, 3.63) is 72.8 Å². The molecular weight excluding hydrogens is 444 g/mol. The van der Waals surface area contributed by atoms with Crippen LogP contribution in [0.4, 0.5) is 11.4 Å². The molecule has 0 saturated heterocycles. The molecule has 3 aromatic carbocycles. The fourth-order valence-corrected chi connectivity index (χ4v) is 4.03. The normalized spacial score (nSPS) is 11.8. The summed E-state index contributed by atoms with van der Waals surface area (Å²) in [6.45, 7) is 1.84. The fourth-order valence-electron chi connectivity index (χ4n) is 2.97. The van der Waals surface area contributed by atoms with Crippen LogP contribution in [0, 0.1) is 0 Å². The van der Waals surface area contributed by atoms with E-state index in [1.54, 1.807) is 55.6 Å². The number of benzene rings is 3. The van der Waals surface area contributed by atoms with E-state index < -0.39 is 16.1 Å². The highest BCUT2D eigenvalue weighted by Crippen LogP contribution is 2.23. The van der Waals surface area contributed by atoms with Crippen molar-refractivity contribution < 1.29 is 27.4 Å². The van der Waals surface area contributed by atoms with E-state index in [1.807, 2.05) is 6.92 Å². The lowest BCUT2D eigenvalue weighted by atomic mass is 10.2. The van der Waals surface area contributed by atoms with Crippen molar-refractivity contribution in [1.82, 2.24) is 0 Å². The Hall–Kier alpha value is -3.72. The number of anilines is 2. The molecule has 3 rings (SSSR count). The Bertz CT molecular complexity index is 1180. The third-order valence-electron chi connectivity index (χ3n) is 4.76. The molecule has 0 radical (unpaired) electrons. The first-order chi connectivity index (χ1) is 15.8. The van der Waals surface area contributed by atoms with Crippen molar-refractivity contribution >= 4 is 27.3 Å². The van der Waals surface area contributed by atoms with E-state index in [4.69, 9.17) is 14.2 Å². The van der Waals surface area contributed by atoms with E-state index in [1.165, 1.54) is 31.4 Å². The Balaban J connectivity index is 1.65. The number of sulfonamides is 1. The zero-order chi connectivity index (χ0) is 23.8. The number of nitrogens with one attached hydrogen (secondary N) is 2. The molecule has 0 saturated carbocycles. The molecule has 0 fully saturated rings. The minimum absolute atomic E-state index is 0.0657. The molecule has 0 heterocycles. The van der Waals surface area contributed by atoms with Crippen LogP contribution < -0.4 is 24.2 Å². The molecule has 0 aliphatic heterocycles. The van der Waals surface area contributed by atoms with Gasteiger partial charge in [-0.3, -0.25) is 9.52 Å². The average Bonchev–Trinajstić information content (AvgIpc) is 2.83. The van der Waals surface area contributed by atoms with E-state index >= 15 is 0 Å². The summed E-state index contributed by atoms with van der Waals surface area (Å²) in [5.41, 5.74) is 0.866. The molecule has 0 aliphatic rings. The van der Waals surface area contributed by atoms with E-state index in [9.17, 15) is 13.2 Å². The van der Waals surface area contributed by atoms with E-state index in [0.29, 0.717) is 35.0 Å². The van der Waals surface area contributed by atoms with Crippen LogP contribution in [0.1, 0.15) is 13.3 Å². The summed E-state index contributed by atoms with van der Waals surface area (Å²) in [7, 11) is -0.697. The first-order valence-corrected chi connectivity index (χ1v) is 11.7. The van der Waals surface area contributed by atoms with Gasteiger partial charge in [-0.05, 0) is 67.1 Å². The monoisotopic (exact) mass is 470 g/mol. The van der Waals surface area contributed by atoms with Gasteiger partial charge in [0, 0.05) is 17.4 Å². The molecule has 0 bridgehead atoms. The largest absolute Gasteiger partial charge is 0.497 e. The molecule has 0 aromatic heterocycles. The smallest absolute Gasteiger partial charge is 0.265 e. The Labute approximate surface area is 193 Å². The van der Waals surface area contributed by atoms with Crippen LogP contribution in [-0.2, 0) is 14.8 Å². The number of ether oxygens (including phenoxy) is 3. The second-order valence-electron chi connectivity index (χ2n) is 7.04. The first-order valence-electron chi connectivity index (χ1n) is 10.2. The zero-order valence-corrected chi connectivity index (χ0v) is 19.4. The number of carbonyl (C=O) groups excluding carboxylic acids is 1. The molecule has 174 valence electrons. The van der Waals surface area contributed by atoms with Gasteiger partial charge < -0.3 is 19.5 Å². The fraction of sp³-hybridized carbons (Fsp3) is 0.208. The predicted octanol–water partition coefficient (Wildman–Crippen LogP) is 4.30. The van der Waals surface area contributed by atoms with Crippen molar-refractivity contribution in [3.8, 4) is 17.2 Å². The van der Waals surface area contributed by atoms with Crippen molar-refractivity contribution in [1.29, 1.82) is 0 Å². The quantitative estimate of drug-likeness (QED) is 0.458. The van der Waals surface area contributed by atoms with Gasteiger partial charge in [0.05, 0.1) is 19.1 Å². The zero-order valence-electron chi connectivity index (χ0n) is 18.6. The molecule has 0 aliphatic carbocycles. The van der Waals surface area contributed by atoms with E-state index in [2.05, 4.69) is 10.0 Å². The van der Waals surface area contributed by atoms with Crippen LogP contribution in [0.25, 0.3) is 0 Å². The molecule has 1 atom stereocenters. The van der Waals surface area contributed by atoms with Gasteiger partial charge in [-0.1, -0.05) is 13.0 Å². The Kier molecular flexibility index (Phi) is 7.78. The highest BCUT2D eigenvalue weighted by Gasteiger charge is 2.20. The summed E-state index contributed by atoms with van der Waals surface area (Å²) in [6, 6.07) is 19.4. The average molecular weight is 471 g/mol. The minimum atomic E-state index is -3.79. The van der Waals surface area contributed by atoms with Gasteiger partial charge in [0.25, 0.3) is 15.9 Å². The third kappa shape index (κ3) is 6.39. The summed E-state index contributed by atoms with van der Waals surface area (Å²) < 4.78 is 43.8. The third-order valence-corrected chi connectivity index (χ3v) is 6.15. The second kappa shape index (κ2) is 10.7. The highest BCUT2D eigenvalue weighted by atomic mass is 32.2. The summed E-state index contributed by atoms with van der Waals surface area (Å²) in [6.07, 6.45) is -0.279. The van der Waals surface area contributed by atoms with Crippen molar-refractivity contribution in [3.63, 3.8) is 0 Å². The number of carbonyl (C=O) groups is 1. The topological polar surface area (TPSA) is 103 Å². The van der Waals surface area contributed by atoms with E-state index in [-0.39, 0.29) is 10.8 Å². The standard InChI is InChI=1S/C24H26N2O6S/c1-4-23(32-21-7-5-6-20(16-21)31-3)24(27)25-17-10-14-22(15-11-17)33(28,29)26-18-8-12-19(30-2)13-9-18/h5-16,23,26H,4H2,1-3H3,(H,25,27)/t23-/m0/s1. The van der Waals surface area contributed by atoms with Gasteiger partial charge in [0.2, 0.25) is 0 Å².